The Balaban J connectivity index is 1.57. The summed E-state index contributed by atoms with van der Waals surface area (Å²) in [6, 6.07) is 9.01. The van der Waals surface area contributed by atoms with Crippen molar-refractivity contribution in [3.63, 3.8) is 0 Å². The van der Waals surface area contributed by atoms with Gasteiger partial charge < -0.3 is 15.2 Å². The van der Waals surface area contributed by atoms with Crippen LogP contribution in [0, 0.1) is 5.92 Å². The van der Waals surface area contributed by atoms with Crippen LogP contribution in [0.5, 0.6) is 5.75 Å². The molecule has 2 aromatic rings. The number of halogens is 1. The van der Waals surface area contributed by atoms with Crippen molar-refractivity contribution in [1.82, 2.24) is 10.3 Å². The molecule has 0 unspecified atom stereocenters. The topological polar surface area (TPSA) is 71.5 Å². The van der Waals surface area contributed by atoms with Crippen molar-refractivity contribution < 1.29 is 14.6 Å². The van der Waals surface area contributed by atoms with Crippen molar-refractivity contribution in [3.05, 3.63) is 47.2 Å². The van der Waals surface area contributed by atoms with Gasteiger partial charge in [-0.1, -0.05) is 36.6 Å². The van der Waals surface area contributed by atoms with Gasteiger partial charge in [0.25, 0.3) is 5.91 Å². The molecule has 2 saturated carbocycles. The van der Waals surface area contributed by atoms with Gasteiger partial charge >= 0.3 is 0 Å². The molecule has 5 nitrogen and oxygen atoms in total. The molecule has 2 fully saturated rings. The second-order valence-corrected chi connectivity index (χ2v) is 8.20. The van der Waals surface area contributed by atoms with Crippen LogP contribution in [0.4, 0.5) is 0 Å². The SMILES string of the molecule is O=C(N[C@@H]1CCCC[C@@H]1O)c1cc(-c2ccc(Cl)cc2)c(OCC2CC2)cn1. The molecule has 0 radical (unpaired) electrons. The van der Waals surface area contributed by atoms with Crippen LogP contribution < -0.4 is 10.1 Å². The number of aliphatic hydroxyl groups excluding tert-OH is 1. The summed E-state index contributed by atoms with van der Waals surface area (Å²) in [5.74, 6) is 1.02. The van der Waals surface area contributed by atoms with Crippen molar-refractivity contribution in [2.45, 2.75) is 50.7 Å². The standard InChI is InChI=1S/C22H25ClN2O3/c23-16-9-7-15(8-10-16)17-11-19(24-12-21(17)28-13-14-5-6-14)22(27)25-18-3-1-2-4-20(18)26/h7-12,14,18,20,26H,1-6,13H2,(H,25,27)/t18-,20+/m1/s1. The lowest BCUT2D eigenvalue weighted by Gasteiger charge is -2.28. The highest BCUT2D eigenvalue weighted by atomic mass is 35.5. The minimum atomic E-state index is -0.491. The lowest BCUT2D eigenvalue weighted by atomic mass is 9.92. The number of carbonyl (C=O) groups is 1. The fourth-order valence-corrected chi connectivity index (χ4v) is 3.68. The van der Waals surface area contributed by atoms with Crippen molar-refractivity contribution in [2.24, 2.45) is 5.92 Å². The van der Waals surface area contributed by atoms with Crippen LogP contribution in [0.1, 0.15) is 49.0 Å². The first-order valence-corrected chi connectivity index (χ1v) is 10.4. The van der Waals surface area contributed by atoms with Crippen LogP contribution in [0.15, 0.2) is 36.5 Å². The van der Waals surface area contributed by atoms with Crippen LogP contribution in [0.25, 0.3) is 11.1 Å². The number of nitrogens with one attached hydrogen (secondary N) is 1. The first kappa shape index (κ1) is 19.2. The molecule has 1 heterocycles. The Morgan fingerprint density at radius 2 is 1.93 bits per heavy atom. The number of aliphatic hydroxyl groups is 1. The van der Waals surface area contributed by atoms with Gasteiger partial charge in [0, 0.05) is 10.6 Å². The van der Waals surface area contributed by atoms with Gasteiger partial charge in [0.1, 0.15) is 11.4 Å². The first-order chi connectivity index (χ1) is 13.6. The molecule has 4 rings (SSSR count). The van der Waals surface area contributed by atoms with Gasteiger partial charge in [0.2, 0.25) is 0 Å². The Labute approximate surface area is 170 Å². The highest BCUT2D eigenvalue weighted by Crippen LogP contribution is 2.34. The Morgan fingerprint density at radius 1 is 1.18 bits per heavy atom. The number of nitrogens with zero attached hydrogens (tertiary/aromatic N) is 1. The molecule has 2 aliphatic rings. The summed E-state index contributed by atoms with van der Waals surface area (Å²) < 4.78 is 5.98. The molecule has 28 heavy (non-hydrogen) atoms. The fraction of sp³-hybridized carbons (Fsp3) is 0.455. The third kappa shape index (κ3) is 4.65. The van der Waals surface area contributed by atoms with E-state index >= 15 is 0 Å². The van der Waals surface area contributed by atoms with Gasteiger partial charge in [-0.05, 0) is 55.4 Å². The smallest absolute Gasteiger partial charge is 0.270 e. The van der Waals surface area contributed by atoms with E-state index in [1.54, 1.807) is 12.3 Å². The van der Waals surface area contributed by atoms with Gasteiger partial charge in [0.15, 0.2) is 0 Å². The summed E-state index contributed by atoms with van der Waals surface area (Å²) >= 11 is 6.02. The number of amides is 1. The molecule has 1 aromatic carbocycles. The maximum absolute atomic E-state index is 12.7. The van der Waals surface area contributed by atoms with E-state index in [1.807, 2.05) is 24.3 Å². The first-order valence-electron chi connectivity index (χ1n) is 9.98. The number of hydrogen-bond donors (Lipinski definition) is 2. The predicted octanol–water partition coefficient (Wildman–Crippen LogP) is 4.22. The zero-order chi connectivity index (χ0) is 19.5. The molecule has 2 N–H and O–H groups in total. The monoisotopic (exact) mass is 400 g/mol. The van der Waals surface area contributed by atoms with E-state index in [9.17, 15) is 9.90 Å². The Hall–Kier alpha value is -2.11. The largest absolute Gasteiger partial charge is 0.491 e. The number of carbonyl (C=O) groups excluding carboxylic acids is 1. The van der Waals surface area contributed by atoms with Gasteiger partial charge in [0.05, 0.1) is 24.9 Å². The molecule has 0 bridgehead atoms. The van der Waals surface area contributed by atoms with Crippen molar-refractivity contribution >= 4 is 17.5 Å². The summed E-state index contributed by atoms with van der Waals surface area (Å²) in [7, 11) is 0. The Kier molecular flexibility index (Phi) is 5.83. The summed E-state index contributed by atoms with van der Waals surface area (Å²) in [6.07, 6.45) is 7.07. The van der Waals surface area contributed by atoms with Crippen LogP contribution in [-0.2, 0) is 0 Å². The zero-order valence-electron chi connectivity index (χ0n) is 15.7. The van der Waals surface area contributed by atoms with E-state index in [-0.39, 0.29) is 11.9 Å². The Bertz CT molecular complexity index is 836. The van der Waals surface area contributed by atoms with Crippen molar-refractivity contribution in [3.8, 4) is 16.9 Å². The highest BCUT2D eigenvalue weighted by Gasteiger charge is 2.26. The van der Waals surface area contributed by atoms with Crippen LogP contribution in [0.2, 0.25) is 5.02 Å². The number of aromatic nitrogens is 1. The number of ether oxygens (including phenoxy) is 1. The van der Waals surface area contributed by atoms with Gasteiger partial charge in [-0.3, -0.25) is 4.79 Å². The average molecular weight is 401 g/mol. The number of pyridine rings is 1. The summed E-state index contributed by atoms with van der Waals surface area (Å²) in [4.78, 5) is 17.1. The van der Waals surface area contributed by atoms with E-state index in [0.717, 1.165) is 36.8 Å². The third-order valence-corrected chi connectivity index (χ3v) is 5.72. The Morgan fingerprint density at radius 3 is 2.64 bits per heavy atom. The number of hydrogen-bond acceptors (Lipinski definition) is 4. The van der Waals surface area contributed by atoms with Crippen molar-refractivity contribution in [2.75, 3.05) is 6.61 Å². The van der Waals surface area contributed by atoms with Crippen LogP contribution in [-0.4, -0.2) is 34.8 Å². The minimum Gasteiger partial charge on any atom is -0.491 e. The van der Waals surface area contributed by atoms with E-state index < -0.39 is 6.10 Å². The highest BCUT2D eigenvalue weighted by molar-refractivity contribution is 6.30. The summed E-state index contributed by atoms with van der Waals surface area (Å²) in [5, 5.41) is 13.7. The second kappa shape index (κ2) is 8.50. The molecule has 0 spiro atoms. The molecule has 2 atom stereocenters. The lowest BCUT2D eigenvalue weighted by Crippen LogP contribution is -2.45. The van der Waals surface area contributed by atoms with Crippen LogP contribution >= 0.6 is 11.6 Å². The molecule has 6 heteroatoms. The van der Waals surface area contributed by atoms with E-state index in [1.165, 1.54) is 12.8 Å². The lowest BCUT2D eigenvalue weighted by molar-refractivity contribution is 0.0714. The second-order valence-electron chi connectivity index (χ2n) is 7.76. The van der Waals surface area contributed by atoms with Crippen molar-refractivity contribution in [1.29, 1.82) is 0 Å². The zero-order valence-corrected chi connectivity index (χ0v) is 16.5. The summed E-state index contributed by atoms with van der Waals surface area (Å²) in [6.45, 7) is 0.669. The molecular weight excluding hydrogens is 376 g/mol. The summed E-state index contributed by atoms with van der Waals surface area (Å²) in [5.41, 5.74) is 2.06. The van der Waals surface area contributed by atoms with E-state index in [0.29, 0.717) is 29.0 Å². The van der Waals surface area contributed by atoms with Gasteiger partial charge in [-0.25, -0.2) is 4.98 Å². The molecule has 148 valence electrons. The minimum absolute atomic E-state index is 0.215. The van der Waals surface area contributed by atoms with E-state index in [2.05, 4.69) is 10.3 Å². The third-order valence-electron chi connectivity index (χ3n) is 5.47. The normalized spacial score (nSPS) is 21.9. The molecule has 0 aliphatic heterocycles. The quantitative estimate of drug-likeness (QED) is 0.761. The molecule has 1 amide bonds. The number of benzene rings is 1. The van der Waals surface area contributed by atoms with E-state index in [4.69, 9.17) is 16.3 Å². The predicted molar refractivity (Wildman–Crippen MR) is 109 cm³/mol. The maximum atomic E-state index is 12.7. The number of rotatable bonds is 6. The fourth-order valence-electron chi connectivity index (χ4n) is 3.55. The maximum Gasteiger partial charge on any atom is 0.270 e. The van der Waals surface area contributed by atoms with Gasteiger partial charge in [-0.15, -0.1) is 0 Å². The molecular formula is C22H25ClN2O3. The van der Waals surface area contributed by atoms with Crippen LogP contribution in [0.3, 0.4) is 0 Å². The van der Waals surface area contributed by atoms with Gasteiger partial charge in [-0.2, -0.15) is 0 Å². The molecule has 2 aliphatic carbocycles. The average Bonchev–Trinajstić information content (AvgIpc) is 3.53. The molecule has 1 aromatic heterocycles. The molecule has 0 saturated heterocycles.